The molecule has 0 spiro atoms. The first-order valence-electron chi connectivity index (χ1n) is 4.18. The van der Waals surface area contributed by atoms with Gasteiger partial charge in [0.2, 0.25) is 0 Å². The first-order valence-corrected chi connectivity index (χ1v) is 5.30. The number of nitriles is 1. The van der Waals surface area contributed by atoms with Crippen molar-refractivity contribution in [2.45, 2.75) is 11.5 Å². The third-order valence-corrected chi connectivity index (χ3v) is 2.56. The molecule has 0 aliphatic carbocycles. The fourth-order valence-corrected chi connectivity index (χ4v) is 1.77. The Labute approximate surface area is 98.8 Å². The van der Waals surface area contributed by atoms with E-state index >= 15 is 0 Å². The molecule has 0 atom stereocenters. The summed E-state index contributed by atoms with van der Waals surface area (Å²) < 4.78 is 42.9. The summed E-state index contributed by atoms with van der Waals surface area (Å²) in [6, 6.07) is 4.06. The van der Waals surface area contributed by atoms with Crippen LogP contribution in [0.4, 0.5) is 13.2 Å². The van der Waals surface area contributed by atoms with Gasteiger partial charge < -0.3 is 4.74 Å². The fourth-order valence-electron chi connectivity index (χ4n) is 1.33. The van der Waals surface area contributed by atoms with E-state index in [2.05, 4.69) is 20.7 Å². The van der Waals surface area contributed by atoms with E-state index in [9.17, 15) is 13.2 Å². The molecule has 0 N–H and O–H groups in total. The van der Waals surface area contributed by atoms with Crippen molar-refractivity contribution in [1.29, 1.82) is 5.26 Å². The summed E-state index contributed by atoms with van der Waals surface area (Å²) in [4.78, 5) is 0. The van der Waals surface area contributed by atoms with Gasteiger partial charge in [-0.15, -0.1) is 0 Å². The summed E-state index contributed by atoms with van der Waals surface area (Å²) in [6.45, 7) is 0. The Morgan fingerprint density at radius 1 is 1.44 bits per heavy atom. The van der Waals surface area contributed by atoms with Gasteiger partial charge in [0, 0.05) is 5.33 Å². The summed E-state index contributed by atoms with van der Waals surface area (Å²) in [5.74, 6) is -0.332. The van der Waals surface area contributed by atoms with Gasteiger partial charge in [-0.1, -0.05) is 15.9 Å². The zero-order valence-electron chi connectivity index (χ0n) is 8.23. The Kier molecular flexibility index (Phi) is 3.81. The van der Waals surface area contributed by atoms with Crippen molar-refractivity contribution in [3.63, 3.8) is 0 Å². The Morgan fingerprint density at radius 3 is 2.44 bits per heavy atom. The molecule has 0 amide bonds. The van der Waals surface area contributed by atoms with Gasteiger partial charge >= 0.3 is 6.18 Å². The minimum Gasteiger partial charge on any atom is -0.496 e. The minimum absolute atomic E-state index is 0.00766. The summed E-state index contributed by atoms with van der Waals surface area (Å²) in [5, 5.41) is 8.68. The zero-order valence-corrected chi connectivity index (χ0v) is 9.82. The molecule has 0 aromatic heterocycles. The highest BCUT2D eigenvalue weighted by molar-refractivity contribution is 9.08. The molecule has 1 aromatic carbocycles. The Hall–Kier alpha value is -1.22. The predicted octanol–water partition coefficient (Wildman–Crippen LogP) is 3.48. The van der Waals surface area contributed by atoms with Gasteiger partial charge in [0.05, 0.1) is 18.7 Å². The zero-order chi connectivity index (χ0) is 12.3. The molecule has 0 aliphatic heterocycles. The molecular formula is C10H7BrF3NO. The van der Waals surface area contributed by atoms with Crippen molar-refractivity contribution in [3.05, 3.63) is 28.8 Å². The minimum atomic E-state index is -4.50. The first kappa shape index (κ1) is 12.8. The molecule has 1 aromatic rings. The van der Waals surface area contributed by atoms with Gasteiger partial charge in [-0.3, -0.25) is 0 Å². The summed E-state index contributed by atoms with van der Waals surface area (Å²) in [6.07, 6.45) is -4.50. The summed E-state index contributed by atoms with van der Waals surface area (Å²) in [7, 11) is 1.14. The molecule has 0 radical (unpaired) electrons. The lowest BCUT2D eigenvalue weighted by molar-refractivity contribution is -0.139. The Balaban J connectivity index is 3.51. The number of methoxy groups -OCH3 is 1. The number of alkyl halides is 4. The number of halogens is 4. The number of rotatable bonds is 2. The number of benzene rings is 1. The molecule has 0 bridgehead atoms. The van der Waals surface area contributed by atoms with Crippen molar-refractivity contribution < 1.29 is 17.9 Å². The van der Waals surface area contributed by atoms with Crippen molar-refractivity contribution in [2.24, 2.45) is 0 Å². The highest BCUT2D eigenvalue weighted by Gasteiger charge is 2.37. The average molecular weight is 294 g/mol. The molecule has 6 heteroatoms. The van der Waals surface area contributed by atoms with E-state index in [1.54, 1.807) is 6.07 Å². The maximum absolute atomic E-state index is 12.7. The van der Waals surface area contributed by atoms with E-state index in [1.807, 2.05) is 0 Å². The number of hydrogen-bond donors (Lipinski definition) is 0. The van der Waals surface area contributed by atoms with Crippen LogP contribution in [-0.4, -0.2) is 7.11 Å². The number of nitrogens with zero attached hydrogens (tertiary/aromatic N) is 1. The average Bonchev–Trinajstić information content (AvgIpc) is 2.25. The van der Waals surface area contributed by atoms with Crippen LogP contribution in [-0.2, 0) is 11.5 Å². The monoisotopic (exact) mass is 293 g/mol. The van der Waals surface area contributed by atoms with Gasteiger partial charge in [0.25, 0.3) is 0 Å². The van der Waals surface area contributed by atoms with E-state index in [-0.39, 0.29) is 22.2 Å². The second-order valence-electron chi connectivity index (χ2n) is 2.96. The third kappa shape index (κ3) is 2.47. The third-order valence-electron chi connectivity index (χ3n) is 1.96. The van der Waals surface area contributed by atoms with Gasteiger partial charge in [0.15, 0.2) is 0 Å². The molecule has 0 saturated carbocycles. The van der Waals surface area contributed by atoms with E-state index < -0.39 is 11.7 Å². The predicted molar refractivity (Wildman–Crippen MR) is 55.3 cm³/mol. The Bertz CT molecular complexity index is 412. The molecular weight excluding hydrogens is 287 g/mol. The van der Waals surface area contributed by atoms with Crippen LogP contribution in [0.5, 0.6) is 5.75 Å². The van der Waals surface area contributed by atoms with Crippen LogP contribution in [0, 0.1) is 11.3 Å². The van der Waals surface area contributed by atoms with Crippen LogP contribution < -0.4 is 4.74 Å². The van der Waals surface area contributed by atoms with Crippen LogP contribution in [0.3, 0.4) is 0 Å². The van der Waals surface area contributed by atoms with Gasteiger partial charge in [-0.05, 0) is 17.7 Å². The van der Waals surface area contributed by atoms with Gasteiger partial charge in [0.1, 0.15) is 11.3 Å². The van der Waals surface area contributed by atoms with Crippen LogP contribution in [0.2, 0.25) is 0 Å². The lowest BCUT2D eigenvalue weighted by atomic mass is 10.0. The van der Waals surface area contributed by atoms with Crippen LogP contribution in [0.1, 0.15) is 16.7 Å². The SMILES string of the molecule is COc1cc(C#N)cc(CBr)c1C(F)(F)F. The molecule has 1 rings (SSSR count). The van der Waals surface area contributed by atoms with Crippen molar-refractivity contribution in [2.75, 3.05) is 7.11 Å². The van der Waals surface area contributed by atoms with Crippen LogP contribution in [0.15, 0.2) is 12.1 Å². The topological polar surface area (TPSA) is 33.0 Å². The molecule has 0 saturated heterocycles. The van der Waals surface area contributed by atoms with Crippen molar-refractivity contribution in [3.8, 4) is 11.8 Å². The van der Waals surface area contributed by atoms with E-state index in [0.717, 1.165) is 13.2 Å². The fraction of sp³-hybridized carbons (Fsp3) is 0.300. The van der Waals surface area contributed by atoms with E-state index in [4.69, 9.17) is 5.26 Å². The lowest BCUT2D eigenvalue weighted by Crippen LogP contribution is -2.11. The lowest BCUT2D eigenvalue weighted by Gasteiger charge is -2.15. The van der Waals surface area contributed by atoms with E-state index in [0.29, 0.717) is 0 Å². The van der Waals surface area contributed by atoms with Gasteiger partial charge in [-0.2, -0.15) is 18.4 Å². The molecule has 0 aliphatic rings. The maximum atomic E-state index is 12.7. The highest BCUT2D eigenvalue weighted by atomic mass is 79.9. The Morgan fingerprint density at radius 2 is 2.06 bits per heavy atom. The van der Waals surface area contributed by atoms with E-state index in [1.165, 1.54) is 6.07 Å². The molecule has 0 unspecified atom stereocenters. The standard InChI is InChI=1S/C10H7BrF3NO/c1-16-8-3-6(5-15)2-7(4-11)9(8)10(12,13)14/h2-3H,4H2,1H3. The molecule has 2 nitrogen and oxygen atoms in total. The van der Waals surface area contributed by atoms with Crippen LogP contribution in [0.25, 0.3) is 0 Å². The van der Waals surface area contributed by atoms with Crippen molar-refractivity contribution >= 4 is 15.9 Å². The molecule has 86 valence electrons. The first-order chi connectivity index (χ1) is 7.43. The molecule has 0 fully saturated rings. The summed E-state index contributed by atoms with van der Waals surface area (Å²) >= 11 is 2.96. The molecule has 16 heavy (non-hydrogen) atoms. The maximum Gasteiger partial charge on any atom is 0.420 e. The number of hydrogen-bond acceptors (Lipinski definition) is 2. The largest absolute Gasteiger partial charge is 0.496 e. The second kappa shape index (κ2) is 4.74. The quantitative estimate of drug-likeness (QED) is 0.782. The van der Waals surface area contributed by atoms with Crippen molar-refractivity contribution in [1.82, 2.24) is 0 Å². The second-order valence-corrected chi connectivity index (χ2v) is 3.52. The number of ether oxygens (including phenoxy) is 1. The van der Waals surface area contributed by atoms with Crippen LogP contribution >= 0.6 is 15.9 Å². The smallest absolute Gasteiger partial charge is 0.420 e. The normalized spacial score (nSPS) is 11.0. The molecule has 0 heterocycles. The summed E-state index contributed by atoms with van der Waals surface area (Å²) in [5.41, 5.74) is -0.714. The van der Waals surface area contributed by atoms with Gasteiger partial charge in [-0.25, -0.2) is 0 Å². The highest BCUT2D eigenvalue weighted by Crippen LogP contribution is 2.40.